The van der Waals surface area contributed by atoms with Crippen LogP contribution in [0, 0.1) is 6.92 Å². The Morgan fingerprint density at radius 3 is 2.27 bits per heavy atom. The lowest BCUT2D eigenvalue weighted by Crippen LogP contribution is -2.27. The van der Waals surface area contributed by atoms with Crippen LogP contribution in [-0.4, -0.2) is 36.4 Å². The highest BCUT2D eigenvalue weighted by Crippen LogP contribution is 2.16. The number of aryl methyl sites for hydroxylation is 1. The van der Waals surface area contributed by atoms with Gasteiger partial charge in [0.1, 0.15) is 18.7 Å². The van der Waals surface area contributed by atoms with Gasteiger partial charge in [0.2, 0.25) is 11.3 Å². The van der Waals surface area contributed by atoms with Gasteiger partial charge in [-0.3, -0.25) is 14.4 Å². The Hall–Kier alpha value is -4.60. The molecule has 0 saturated carbocycles. The van der Waals surface area contributed by atoms with Gasteiger partial charge in [0, 0.05) is 23.1 Å². The summed E-state index contributed by atoms with van der Waals surface area (Å²) in [7, 11) is 0. The average Bonchev–Trinajstić information content (AvgIpc) is 3.35. The Balaban J connectivity index is 1.47. The summed E-state index contributed by atoms with van der Waals surface area (Å²) in [5.74, 6) is -0.885. The maximum atomic E-state index is 12.7. The second-order valence-electron chi connectivity index (χ2n) is 7.32. The molecule has 0 bridgehead atoms. The summed E-state index contributed by atoms with van der Waals surface area (Å²) in [6, 6.07) is 16.6. The van der Waals surface area contributed by atoms with Crippen molar-refractivity contribution in [3.63, 3.8) is 0 Å². The van der Waals surface area contributed by atoms with Gasteiger partial charge in [-0.05, 0) is 50.2 Å². The topological polar surface area (TPSA) is 124 Å². The summed E-state index contributed by atoms with van der Waals surface area (Å²) in [6.07, 6.45) is 2.83. The molecule has 4 aromatic rings. The molecule has 10 nitrogen and oxygen atoms in total. The molecule has 166 valence electrons. The summed E-state index contributed by atoms with van der Waals surface area (Å²) < 4.78 is 2.99. The number of nitrogens with zero attached hydrogens (tertiary/aromatic N) is 5. The third-order valence-corrected chi connectivity index (χ3v) is 4.95. The molecular formula is C23H21N7O3. The van der Waals surface area contributed by atoms with Crippen LogP contribution in [0.15, 0.2) is 78.1 Å². The standard InChI is InChI=1S/C23H21N7O3/c1-15-12-20(31)21(28-30(15)19-6-4-3-5-7-19)23(33)27-18-10-8-17(9-11-18)26-22(32)16(2)29-14-24-13-25-29/h3-14,16H,1-2H3,(H,26,32)(H,27,33)/t16-/m1/s1. The summed E-state index contributed by atoms with van der Waals surface area (Å²) in [4.78, 5) is 41.3. The molecule has 2 N–H and O–H groups in total. The predicted octanol–water partition coefficient (Wildman–Crippen LogP) is 2.58. The van der Waals surface area contributed by atoms with Gasteiger partial charge in [0.15, 0.2) is 5.69 Å². The van der Waals surface area contributed by atoms with Crippen LogP contribution in [0.2, 0.25) is 0 Å². The van der Waals surface area contributed by atoms with Gasteiger partial charge in [-0.1, -0.05) is 18.2 Å². The molecule has 33 heavy (non-hydrogen) atoms. The first-order valence-electron chi connectivity index (χ1n) is 10.1. The number of hydrogen-bond donors (Lipinski definition) is 2. The first-order valence-corrected chi connectivity index (χ1v) is 10.1. The second kappa shape index (κ2) is 9.27. The van der Waals surface area contributed by atoms with Gasteiger partial charge in [-0.15, -0.1) is 0 Å². The van der Waals surface area contributed by atoms with E-state index >= 15 is 0 Å². The Morgan fingerprint density at radius 1 is 0.970 bits per heavy atom. The van der Waals surface area contributed by atoms with Crippen molar-refractivity contribution in [3.8, 4) is 5.69 Å². The highest BCUT2D eigenvalue weighted by molar-refractivity contribution is 6.03. The fourth-order valence-corrected chi connectivity index (χ4v) is 3.15. The molecule has 0 aliphatic heterocycles. The lowest BCUT2D eigenvalue weighted by atomic mass is 10.2. The smallest absolute Gasteiger partial charge is 0.280 e. The van der Waals surface area contributed by atoms with E-state index in [-0.39, 0.29) is 11.6 Å². The molecule has 0 saturated heterocycles. The number of benzene rings is 2. The van der Waals surface area contributed by atoms with Crippen molar-refractivity contribution in [2.45, 2.75) is 19.9 Å². The molecule has 0 aliphatic rings. The third-order valence-electron chi connectivity index (χ3n) is 4.95. The minimum Gasteiger partial charge on any atom is -0.324 e. The summed E-state index contributed by atoms with van der Waals surface area (Å²) in [5.41, 5.74) is 1.67. The van der Waals surface area contributed by atoms with E-state index in [1.807, 2.05) is 30.3 Å². The van der Waals surface area contributed by atoms with E-state index in [1.54, 1.807) is 42.8 Å². The average molecular weight is 443 g/mol. The Bertz CT molecular complexity index is 1330. The Morgan fingerprint density at radius 2 is 1.64 bits per heavy atom. The molecule has 0 aliphatic carbocycles. The summed E-state index contributed by atoms with van der Waals surface area (Å²) >= 11 is 0. The number of nitrogens with one attached hydrogen (secondary N) is 2. The van der Waals surface area contributed by atoms with Crippen LogP contribution in [0.25, 0.3) is 5.69 Å². The number of anilines is 2. The molecule has 2 aromatic carbocycles. The molecule has 2 amide bonds. The highest BCUT2D eigenvalue weighted by Gasteiger charge is 2.17. The number of amides is 2. The van der Waals surface area contributed by atoms with Crippen molar-refractivity contribution in [2.75, 3.05) is 10.6 Å². The maximum absolute atomic E-state index is 12.7. The van der Waals surface area contributed by atoms with E-state index in [2.05, 4.69) is 25.8 Å². The summed E-state index contributed by atoms with van der Waals surface area (Å²) in [6.45, 7) is 3.45. The molecule has 0 fully saturated rings. The highest BCUT2D eigenvalue weighted by atomic mass is 16.2. The molecule has 10 heteroatoms. The molecule has 0 spiro atoms. The van der Waals surface area contributed by atoms with Gasteiger partial charge in [-0.25, -0.2) is 14.3 Å². The largest absolute Gasteiger partial charge is 0.324 e. The predicted molar refractivity (Wildman–Crippen MR) is 122 cm³/mol. The minimum atomic E-state index is -0.624. The van der Waals surface area contributed by atoms with Gasteiger partial charge >= 0.3 is 0 Å². The number of hydrogen-bond acceptors (Lipinski definition) is 6. The number of aromatic nitrogens is 5. The zero-order valence-electron chi connectivity index (χ0n) is 18.0. The monoisotopic (exact) mass is 443 g/mol. The molecule has 0 unspecified atom stereocenters. The molecule has 1 atom stereocenters. The fraction of sp³-hybridized carbons (Fsp3) is 0.130. The fourth-order valence-electron chi connectivity index (χ4n) is 3.15. The minimum absolute atomic E-state index is 0.219. The summed E-state index contributed by atoms with van der Waals surface area (Å²) in [5, 5.41) is 13.7. The first-order chi connectivity index (χ1) is 15.9. The first kappa shape index (κ1) is 21.6. The van der Waals surface area contributed by atoms with E-state index in [4.69, 9.17) is 0 Å². The van der Waals surface area contributed by atoms with Crippen molar-refractivity contribution in [3.05, 3.63) is 94.9 Å². The maximum Gasteiger partial charge on any atom is 0.280 e. The lowest BCUT2D eigenvalue weighted by Gasteiger charge is -2.13. The molecular weight excluding hydrogens is 422 g/mol. The normalized spacial score (nSPS) is 11.6. The number of rotatable bonds is 6. The van der Waals surface area contributed by atoms with Crippen LogP contribution in [0.5, 0.6) is 0 Å². The number of carbonyl (C=O) groups is 2. The van der Waals surface area contributed by atoms with Gasteiger partial charge in [-0.2, -0.15) is 10.2 Å². The molecule has 4 rings (SSSR count). The van der Waals surface area contributed by atoms with Crippen molar-refractivity contribution >= 4 is 23.2 Å². The van der Waals surface area contributed by atoms with Crippen LogP contribution < -0.4 is 16.1 Å². The van der Waals surface area contributed by atoms with E-state index in [1.165, 1.54) is 23.4 Å². The van der Waals surface area contributed by atoms with Crippen LogP contribution >= 0.6 is 0 Å². The van der Waals surface area contributed by atoms with E-state index in [0.29, 0.717) is 17.1 Å². The molecule has 2 aromatic heterocycles. The Labute approximate surface area is 188 Å². The van der Waals surface area contributed by atoms with Crippen molar-refractivity contribution in [1.82, 2.24) is 24.5 Å². The number of carbonyl (C=O) groups excluding carboxylic acids is 2. The second-order valence-corrected chi connectivity index (χ2v) is 7.32. The van der Waals surface area contributed by atoms with Crippen LogP contribution in [0.1, 0.15) is 29.1 Å². The van der Waals surface area contributed by atoms with Crippen molar-refractivity contribution in [1.29, 1.82) is 0 Å². The van der Waals surface area contributed by atoms with Gasteiger partial charge in [0.05, 0.1) is 5.69 Å². The van der Waals surface area contributed by atoms with E-state index in [9.17, 15) is 14.4 Å². The quantitative estimate of drug-likeness (QED) is 0.472. The van der Waals surface area contributed by atoms with E-state index in [0.717, 1.165) is 5.69 Å². The van der Waals surface area contributed by atoms with Crippen molar-refractivity contribution < 1.29 is 9.59 Å². The van der Waals surface area contributed by atoms with Gasteiger partial charge in [0.25, 0.3) is 5.91 Å². The SMILES string of the molecule is Cc1cc(=O)c(C(=O)Nc2ccc(NC(=O)[C@@H](C)n3cncn3)cc2)nn1-c1ccccc1. The zero-order chi connectivity index (χ0) is 23.4. The molecule has 0 radical (unpaired) electrons. The van der Waals surface area contributed by atoms with E-state index < -0.39 is 17.4 Å². The van der Waals surface area contributed by atoms with Crippen LogP contribution in [0.3, 0.4) is 0 Å². The zero-order valence-corrected chi connectivity index (χ0v) is 18.0. The molecule has 2 heterocycles. The lowest BCUT2D eigenvalue weighted by molar-refractivity contribution is -0.119. The van der Waals surface area contributed by atoms with Crippen molar-refractivity contribution in [2.24, 2.45) is 0 Å². The van der Waals surface area contributed by atoms with Crippen LogP contribution in [0.4, 0.5) is 11.4 Å². The number of para-hydroxylation sites is 1. The third kappa shape index (κ3) is 4.85. The van der Waals surface area contributed by atoms with Crippen LogP contribution in [-0.2, 0) is 4.79 Å². The Kier molecular flexibility index (Phi) is 6.07. The van der Waals surface area contributed by atoms with Gasteiger partial charge < -0.3 is 10.6 Å².